The van der Waals surface area contributed by atoms with E-state index < -0.39 is 0 Å². The van der Waals surface area contributed by atoms with Gasteiger partial charge in [-0.25, -0.2) is 0 Å². The van der Waals surface area contributed by atoms with Gasteiger partial charge in [-0.2, -0.15) is 5.26 Å². The second-order valence-corrected chi connectivity index (χ2v) is 5.73. The molecule has 80 valence electrons. The molecule has 3 heteroatoms. The summed E-state index contributed by atoms with van der Waals surface area (Å²) in [7, 11) is 0. The van der Waals surface area contributed by atoms with Gasteiger partial charge in [0.05, 0.1) is 6.07 Å². The van der Waals surface area contributed by atoms with Crippen molar-refractivity contribution in [1.29, 1.82) is 5.26 Å². The molecule has 1 saturated heterocycles. The summed E-state index contributed by atoms with van der Waals surface area (Å²) >= 11 is 5.80. The SMILES string of the molecule is CC(C)(C)C1CCN(CC(Cl)C#N)C1. The predicted molar refractivity (Wildman–Crippen MR) is 59.3 cm³/mol. The molecule has 2 nitrogen and oxygen atoms in total. The Morgan fingerprint density at radius 2 is 2.21 bits per heavy atom. The first kappa shape index (κ1) is 11.8. The normalized spacial score (nSPS) is 26.1. The van der Waals surface area contributed by atoms with Crippen LogP contribution >= 0.6 is 11.6 Å². The summed E-state index contributed by atoms with van der Waals surface area (Å²) in [6, 6.07) is 2.07. The minimum Gasteiger partial charge on any atom is -0.301 e. The molecular formula is C11H19ClN2. The number of nitrogens with zero attached hydrogens (tertiary/aromatic N) is 2. The molecule has 2 atom stereocenters. The third kappa shape index (κ3) is 3.15. The van der Waals surface area contributed by atoms with E-state index in [2.05, 4.69) is 31.7 Å². The lowest BCUT2D eigenvalue weighted by Crippen LogP contribution is -2.30. The van der Waals surface area contributed by atoms with Gasteiger partial charge in [-0.15, -0.1) is 11.6 Å². The maximum Gasteiger partial charge on any atom is 0.133 e. The number of hydrogen-bond donors (Lipinski definition) is 0. The summed E-state index contributed by atoms with van der Waals surface area (Å²) in [6.45, 7) is 9.74. The molecule has 0 spiro atoms. The predicted octanol–water partition coefficient (Wildman–Crippen LogP) is 2.49. The van der Waals surface area contributed by atoms with Gasteiger partial charge in [0.15, 0.2) is 0 Å². The van der Waals surface area contributed by atoms with E-state index in [4.69, 9.17) is 16.9 Å². The molecule has 2 unspecified atom stereocenters. The van der Waals surface area contributed by atoms with Gasteiger partial charge in [0.1, 0.15) is 5.38 Å². The largest absolute Gasteiger partial charge is 0.301 e. The Hall–Kier alpha value is -0.260. The molecule has 14 heavy (non-hydrogen) atoms. The first-order valence-corrected chi connectivity index (χ1v) is 5.63. The van der Waals surface area contributed by atoms with Gasteiger partial charge in [0.2, 0.25) is 0 Å². The fraction of sp³-hybridized carbons (Fsp3) is 0.909. The molecule has 1 heterocycles. The van der Waals surface area contributed by atoms with Crippen LogP contribution in [-0.2, 0) is 0 Å². The van der Waals surface area contributed by atoms with Crippen molar-refractivity contribution in [2.75, 3.05) is 19.6 Å². The highest BCUT2D eigenvalue weighted by atomic mass is 35.5. The van der Waals surface area contributed by atoms with Gasteiger partial charge in [-0.05, 0) is 24.3 Å². The van der Waals surface area contributed by atoms with Crippen molar-refractivity contribution in [3.05, 3.63) is 0 Å². The number of hydrogen-bond acceptors (Lipinski definition) is 2. The number of likely N-dealkylation sites (tertiary alicyclic amines) is 1. The molecule has 1 rings (SSSR count). The van der Waals surface area contributed by atoms with E-state index in [1.165, 1.54) is 6.42 Å². The highest BCUT2D eigenvalue weighted by Crippen LogP contribution is 2.33. The molecule has 0 bridgehead atoms. The average Bonchev–Trinajstić information content (AvgIpc) is 2.51. The van der Waals surface area contributed by atoms with Gasteiger partial charge in [0.25, 0.3) is 0 Å². The van der Waals surface area contributed by atoms with Crippen LogP contribution in [0.3, 0.4) is 0 Å². The first-order chi connectivity index (χ1) is 6.43. The molecule has 1 aliphatic rings. The second-order valence-electron chi connectivity index (χ2n) is 5.21. The molecular weight excluding hydrogens is 196 g/mol. The van der Waals surface area contributed by atoms with Crippen LogP contribution in [-0.4, -0.2) is 29.9 Å². The summed E-state index contributed by atoms with van der Waals surface area (Å²) in [4.78, 5) is 2.30. The van der Waals surface area contributed by atoms with E-state index in [1.54, 1.807) is 0 Å². The summed E-state index contributed by atoms with van der Waals surface area (Å²) in [5.74, 6) is 0.741. The Morgan fingerprint density at radius 1 is 1.57 bits per heavy atom. The Balaban J connectivity index is 2.39. The molecule has 0 saturated carbocycles. The van der Waals surface area contributed by atoms with Crippen molar-refractivity contribution in [3.63, 3.8) is 0 Å². The number of nitriles is 1. The van der Waals surface area contributed by atoms with Crippen LogP contribution in [0.1, 0.15) is 27.2 Å². The standard InChI is InChI=1S/C11H19ClN2/c1-11(2,3)9-4-5-14(7-9)8-10(12)6-13/h9-10H,4-5,7-8H2,1-3H3. The minimum atomic E-state index is -0.353. The van der Waals surface area contributed by atoms with E-state index >= 15 is 0 Å². The Bertz CT molecular complexity index is 226. The molecule has 0 aromatic heterocycles. The van der Waals surface area contributed by atoms with E-state index in [0.717, 1.165) is 19.0 Å². The van der Waals surface area contributed by atoms with Crippen LogP contribution in [0, 0.1) is 22.7 Å². The molecule has 0 radical (unpaired) electrons. The van der Waals surface area contributed by atoms with Gasteiger partial charge in [-0.1, -0.05) is 20.8 Å². The maximum absolute atomic E-state index is 8.61. The molecule has 0 amide bonds. The van der Waals surface area contributed by atoms with E-state index in [0.29, 0.717) is 12.0 Å². The Kier molecular flexibility index (Phi) is 3.80. The van der Waals surface area contributed by atoms with Crippen molar-refractivity contribution < 1.29 is 0 Å². The van der Waals surface area contributed by atoms with Crippen LogP contribution in [0.15, 0.2) is 0 Å². The van der Waals surface area contributed by atoms with Crippen LogP contribution in [0.2, 0.25) is 0 Å². The van der Waals surface area contributed by atoms with Crippen LogP contribution in [0.5, 0.6) is 0 Å². The molecule has 0 aliphatic carbocycles. The van der Waals surface area contributed by atoms with E-state index in [9.17, 15) is 0 Å². The Morgan fingerprint density at radius 3 is 2.64 bits per heavy atom. The van der Waals surface area contributed by atoms with Gasteiger partial charge < -0.3 is 4.90 Å². The Labute approximate surface area is 91.8 Å². The fourth-order valence-corrected chi connectivity index (χ4v) is 2.17. The number of alkyl halides is 1. The average molecular weight is 215 g/mol. The fourth-order valence-electron chi connectivity index (χ4n) is 1.97. The first-order valence-electron chi connectivity index (χ1n) is 5.19. The van der Waals surface area contributed by atoms with E-state index in [1.807, 2.05) is 0 Å². The van der Waals surface area contributed by atoms with Crippen molar-refractivity contribution in [2.24, 2.45) is 11.3 Å². The smallest absolute Gasteiger partial charge is 0.133 e. The highest BCUT2D eigenvalue weighted by molar-refractivity contribution is 6.22. The third-order valence-electron chi connectivity index (χ3n) is 3.06. The lowest BCUT2D eigenvalue weighted by molar-refractivity contribution is 0.231. The quantitative estimate of drug-likeness (QED) is 0.661. The maximum atomic E-state index is 8.61. The van der Waals surface area contributed by atoms with E-state index in [-0.39, 0.29) is 5.38 Å². The number of halogens is 1. The topological polar surface area (TPSA) is 27.0 Å². The summed E-state index contributed by atoms with van der Waals surface area (Å²) < 4.78 is 0. The molecule has 0 N–H and O–H groups in total. The zero-order valence-electron chi connectivity index (χ0n) is 9.26. The zero-order valence-corrected chi connectivity index (χ0v) is 10.0. The monoisotopic (exact) mass is 214 g/mol. The van der Waals surface area contributed by atoms with Gasteiger partial charge >= 0.3 is 0 Å². The van der Waals surface area contributed by atoms with Crippen molar-refractivity contribution in [2.45, 2.75) is 32.6 Å². The van der Waals surface area contributed by atoms with Crippen LogP contribution in [0.4, 0.5) is 0 Å². The summed E-state index contributed by atoms with van der Waals surface area (Å²) in [5.41, 5.74) is 0.378. The molecule has 0 aromatic carbocycles. The minimum absolute atomic E-state index is 0.353. The van der Waals surface area contributed by atoms with Gasteiger partial charge in [-0.3, -0.25) is 0 Å². The summed E-state index contributed by atoms with van der Waals surface area (Å²) in [5, 5.41) is 8.26. The summed E-state index contributed by atoms with van der Waals surface area (Å²) in [6.07, 6.45) is 1.23. The molecule has 1 aliphatic heterocycles. The zero-order chi connectivity index (χ0) is 10.8. The lowest BCUT2D eigenvalue weighted by Gasteiger charge is -2.27. The lowest BCUT2D eigenvalue weighted by atomic mass is 9.80. The van der Waals surface area contributed by atoms with Crippen molar-refractivity contribution >= 4 is 11.6 Å². The van der Waals surface area contributed by atoms with Crippen LogP contribution in [0.25, 0.3) is 0 Å². The number of rotatable bonds is 2. The molecule has 1 fully saturated rings. The van der Waals surface area contributed by atoms with Gasteiger partial charge in [0, 0.05) is 13.1 Å². The molecule has 0 aromatic rings. The highest BCUT2D eigenvalue weighted by Gasteiger charge is 2.32. The van der Waals surface area contributed by atoms with Crippen molar-refractivity contribution in [1.82, 2.24) is 4.90 Å². The van der Waals surface area contributed by atoms with Crippen LogP contribution < -0.4 is 0 Å². The third-order valence-corrected chi connectivity index (χ3v) is 3.29. The van der Waals surface area contributed by atoms with Crippen molar-refractivity contribution in [3.8, 4) is 6.07 Å². The second kappa shape index (κ2) is 4.51.